The molecule has 7 nitrogen and oxygen atoms in total. The molecule has 0 radical (unpaired) electrons. The Morgan fingerprint density at radius 2 is 2.15 bits per heavy atom. The number of aromatic nitrogens is 4. The summed E-state index contributed by atoms with van der Waals surface area (Å²) in [6.45, 7) is 2.45. The summed E-state index contributed by atoms with van der Waals surface area (Å²) in [5.74, 6) is 0.830. The third kappa shape index (κ3) is 2.34. The maximum atomic E-state index is 5.49. The molecule has 1 fully saturated rings. The molecule has 3 rings (SSSR count). The van der Waals surface area contributed by atoms with Gasteiger partial charge in [-0.2, -0.15) is 5.10 Å². The normalized spacial score (nSPS) is 18.6. The van der Waals surface area contributed by atoms with Crippen molar-refractivity contribution in [2.45, 2.75) is 18.4 Å². The van der Waals surface area contributed by atoms with Crippen LogP contribution in [0, 0.1) is 0 Å². The predicted molar refractivity (Wildman–Crippen MR) is 76.6 cm³/mol. The molecule has 1 saturated heterocycles. The van der Waals surface area contributed by atoms with E-state index in [4.69, 9.17) is 4.74 Å². The molecule has 0 amide bonds. The summed E-state index contributed by atoms with van der Waals surface area (Å²) in [6.07, 6.45) is 5.35. The lowest BCUT2D eigenvalue weighted by Crippen LogP contribution is -2.53. The van der Waals surface area contributed by atoms with Crippen molar-refractivity contribution < 1.29 is 4.74 Å². The van der Waals surface area contributed by atoms with Crippen LogP contribution in [-0.2, 0) is 4.74 Å². The van der Waals surface area contributed by atoms with Gasteiger partial charge < -0.3 is 15.0 Å². The van der Waals surface area contributed by atoms with Gasteiger partial charge in [-0.25, -0.2) is 9.97 Å². The number of anilines is 1. The van der Waals surface area contributed by atoms with Crippen LogP contribution in [0.5, 0.6) is 0 Å². The first kappa shape index (κ1) is 13.3. The highest BCUT2D eigenvalue weighted by molar-refractivity contribution is 5.85. The van der Waals surface area contributed by atoms with Gasteiger partial charge in [-0.1, -0.05) is 0 Å². The Morgan fingerprint density at radius 3 is 2.90 bits per heavy atom. The summed E-state index contributed by atoms with van der Waals surface area (Å²) in [7, 11) is 4.25. The van der Waals surface area contributed by atoms with Crippen molar-refractivity contribution in [1.82, 2.24) is 25.1 Å². The van der Waals surface area contributed by atoms with Gasteiger partial charge >= 0.3 is 0 Å². The van der Waals surface area contributed by atoms with Crippen molar-refractivity contribution in [3.05, 3.63) is 12.5 Å². The number of hydrogen-bond donors (Lipinski definition) is 2. The van der Waals surface area contributed by atoms with Crippen LogP contribution in [0.25, 0.3) is 11.0 Å². The Balaban J connectivity index is 1.79. The first-order valence-corrected chi connectivity index (χ1v) is 6.84. The van der Waals surface area contributed by atoms with Crippen LogP contribution in [0.4, 0.5) is 5.82 Å². The molecule has 0 saturated carbocycles. The predicted octanol–water partition coefficient (Wildman–Crippen LogP) is 0.876. The molecule has 0 aliphatic carbocycles. The molecular formula is C13H20N6O. The van der Waals surface area contributed by atoms with Gasteiger partial charge in [0.05, 0.1) is 11.6 Å². The van der Waals surface area contributed by atoms with E-state index in [0.29, 0.717) is 0 Å². The molecule has 0 bridgehead atoms. The van der Waals surface area contributed by atoms with Crippen LogP contribution in [0.1, 0.15) is 12.8 Å². The van der Waals surface area contributed by atoms with E-state index in [1.807, 2.05) is 0 Å². The van der Waals surface area contributed by atoms with Crippen LogP contribution >= 0.6 is 0 Å². The third-order valence-electron chi connectivity index (χ3n) is 4.21. The number of fused-ring (bicyclic) bond motifs is 1. The molecule has 7 heteroatoms. The summed E-state index contributed by atoms with van der Waals surface area (Å²) < 4.78 is 5.49. The monoisotopic (exact) mass is 276 g/mol. The van der Waals surface area contributed by atoms with Gasteiger partial charge in [-0.05, 0) is 26.9 Å². The van der Waals surface area contributed by atoms with Gasteiger partial charge in [0.2, 0.25) is 0 Å². The van der Waals surface area contributed by atoms with Gasteiger partial charge in [0.1, 0.15) is 12.1 Å². The standard InChI is InChI=1S/C13H20N6O/c1-19(2)13(3-5-20-6-4-13)8-14-11-10-7-17-18-12(10)16-9-15-11/h7,9H,3-6,8H2,1-2H3,(H2,14,15,16,17,18). The molecule has 1 aliphatic heterocycles. The number of H-pyrrole nitrogens is 1. The topological polar surface area (TPSA) is 79.0 Å². The Bertz CT molecular complexity index is 575. The maximum absolute atomic E-state index is 5.49. The number of nitrogens with zero attached hydrogens (tertiary/aromatic N) is 4. The molecule has 108 valence electrons. The van der Waals surface area contributed by atoms with E-state index in [1.165, 1.54) is 0 Å². The summed E-state index contributed by atoms with van der Waals surface area (Å²) in [5, 5.41) is 11.3. The van der Waals surface area contributed by atoms with Crippen LogP contribution < -0.4 is 5.32 Å². The number of hydrogen-bond acceptors (Lipinski definition) is 6. The second kappa shape index (κ2) is 5.34. The molecule has 3 heterocycles. The van der Waals surface area contributed by atoms with Gasteiger partial charge in [0, 0.05) is 25.3 Å². The fourth-order valence-electron chi connectivity index (χ4n) is 2.69. The first-order chi connectivity index (χ1) is 9.71. The first-order valence-electron chi connectivity index (χ1n) is 6.84. The minimum absolute atomic E-state index is 0.110. The van der Waals surface area contributed by atoms with E-state index in [1.54, 1.807) is 12.5 Å². The zero-order chi connectivity index (χ0) is 14.0. The molecule has 0 spiro atoms. The quantitative estimate of drug-likeness (QED) is 0.863. The molecule has 0 aromatic carbocycles. The zero-order valence-corrected chi connectivity index (χ0v) is 11.9. The van der Waals surface area contributed by atoms with Crippen molar-refractivity contribution in [1.29, 1.82) is 0 Å². The fraction of sp³-hybridized carbons (Fsp3) is 0.615. The number of rotatable bonds is 4. The zero-order valence-electron chi connectivity index (χ0n) is 11.9. The van der Waals surface area contributed by atoms with E-state index < -0.39 is 0 Å². The maximum Gasteiger partial charge on any atom is 0.160 e. The van der Waals surface area contributed by atoms with E-state index in [9.17, 15) is 0 Å². The molecular weight excluding hydrogens is 256 g/mol. The van der Waals surface area contributed by atoms with Gasteiger partial charge in [0.25, 0.3) is 0 Å². The van der Waals surface area contributed by atoms with Gasteiger partial charge in [-0.15, -0.1) is 0 Å². The Labute approximate surface area is 117 Å². The summed E-state index contributed by atoms with van der Waals surface area (Å²) in [4.78, 5) is 10.8. The molecule has 0 unspecified atom stereocenters. The van der Waals surface area contributed by atoms with Crippen LogP contribution in [0.15, 0.2) is 12.5 Å². The minimum atomic E-state index is 0.110. The van der Waals surface area contributed by atoms with Crippen molar-refractivity contribution in [2.24, 2.45) is 0 Å². The molecule has 20 heavy (non-hydrogen) atoms. The lowest BCUT2D eigenvalue weighted by atomic mass is 9.88. The van der Waals surface area contributed by atoms with Crippen LogP contribution in [-0.4, -0.2) is 64.5 Å². The molecule has 2 aromatic heterocycles. The van der Waals surface area contributed by atoms with Crippen molar-refractivity contribution in [2.75, 3.05) is 39.2 Å². The van der Waals surface area contributed by atoms with Gasteiger partial charge in [-0.3, -0.25) is 5.10 Å². The molecule has 0 atom stereocenters. The Hall–Kier alpha value is -1.73. The van der Waals surface area contributed by atoms with Crippen molar-refractivity contribution >= 4 is 16.9 Å². The largest absolute Gasteiger partial charge is 0.381 e. The van der Waals surface area contributed by atoms with Crippen LogP contribution in [0.3, 0.4) is 0 Å². The number of aromatic amines is 1. The highest BCUT2D eigenvalue weighted by Crippen LogP contribution is 2.27. The van der Waals surface area contributed by atoms with Crippen LogP contribution in [0.2, 0.25) is 0 Å². The highest BCUT2D eigenvalue weighted by atomic mass is 16.5. The van der Waals surface area contributed by atoms with Crippen molar-refractivity contribution in [3.8, 4) is 0 Å². The molecule has 1 aliphatic rings. The van der Waals surface area contributed by atoms with E-state index in [2.05, 4.69) is 44.5 Å². The fourth-order valence-corrected chi connectivity index (χ4v) is 2.69. The minimum Gasteiger partial charge on any atom is -0.381 e. The lowest BCUT2D eigenvalue weighted by molar-refractivity contribution is -0.000651. The second-order valence-corrected chi connectivity index (χ2v) is 5.44. The average molecular weight is 276 g/mol. The Morgan fingerprint density at radius 1 is 1.35 bits per heavy atom. The SMILES string of the molecule is CN(C)C1(CNc2ncnc3[nH]ncc23)CCOCC1. The summed E-state index contributed by atoms with van der Waals surface area (Å²) >= 11 is 0. The van der Waals surface area contributed by atoms with E-state index in [0.717, 1.165) is 49.5 Å². The number of nitrogens with one attached hydrogen (secondary N) is 2. The average Bonchev–Trinajstić information content (AvgIpc) is 2.95. The third-order valence-corrected chi connectivity index (χ3v) is 4.21. The molecule has 2 aromatic rings. The molecule has 2 N–H and O–H groups in total. The summed E-state index contributed by atoms with van der Waals surface area (Å²) in [6, 6.07) is 0. The number of likely N-dealkylation sites (N-methyl/N-ethyl adjacent to an activating group) is 1. The number of ether oxygens (including phenoxy) is 1. The van der Waals surface area contributed by atoms with Gasteiger partial charge in [0.15, 0.2) is 5.65 Å². The van der Waals surface area contributed by atoms with E-state index >= 15 is 0 Å². The summed E-state index contributed by atoms with van der Waals surface area (Å²) in [5.41, 5.74) is 0.868. The second-order valence-electron chi connectivity index (χ2n) is 5.44. The Kier molecular flexibility index (Phi) is 3.54. The lowest BCUT2D eigenvalue weighted by Gasteiger charge is -2.43. The van der Waals surface area contributed by atoms with Crippen molar-refractivity contribution in [3.63, 3.8) is 0 Å². The van der Waals surface area contributed by atoms with E-state index in [-0.39, 0.29) is 5.54 Å². The smallest absolute Gasteiger partial charge is 0.160 e. The highest BCUT2D eigenvalue weighted by Gasteiger charge is 2.34.